The van der Waals surface area contributed by atoms with Gasteiger partial charge in [-0.3, -0.25) is 9.10 Å². The second-order valence-corrected chi connectivity index (χ2v) is 10.8. The molecule has 32 heavy (non-hydrogen) atoms. The molecule has 3 aromatic carbocycles. The number of nitrogens with one attached hydrogen (secondary N) is 1. The predicted molar refractivity (Wildman–Crippen MR) is 132 cm³/mol. The van der Waals surface area contributed by atoms with Crippen LogP contribution in [0, 0.1) is 13.8 Å². The van der Waals surface area contributed by atoms with E-state index in [9.17, 15) is 13.2 Å². The summed E-state index contributed by atoms with van der Waals surface area (Å²) in [5.41, 5.74) is 2.32. The minimum absolute atomic E-state index is 0.149. The van der Waals surface area contributed by atoms with Crippen LogP contribution in [0.15, 0.2) is 82.6 Å². The molecule has 0 saturated heterocycles. The molecule has 1 amide bonds. The summed E-state index contributed by atoms with van der Waals surface area (Å²) < 4.78 is 27.9. The zero-order valence-corrected chi connectivity index (χ0v) is 20.3. The Morgan fingerprint density at radius 3 is 2.31 bits per heavy atom. The monoisotopic (exact) mass is 488 g/mol. The van der Waals surface area contributed by atoms with Crippen LogP contribution < -0.4 is 9.62 Å². The number of rotatable bonds is 9. The molecule has 0 atom stereocenters. The molecule has 0 heterocycles. The third-order valence-electron chi connectivity index (χ3n) is 4.69. The fraction of sp³-hybridized carbons (Fsp3) is 0.208. The lowest BCUT2D eigenvalue weighted by molar-refractivity contribution is -0.119. The highest BCUT2D eigenvalue weighted by Gasteiger charge is 2.27. The van der Waals surface area contributed by atoms with Gasteiger partial charge < -0.3 is 5.32 Å². The highest BCUT2D eigenvalue weighted by molar-refractivity contribution is 7.99. The molecule has 0 saturated carbocycles. The quantitative estimate of drug-likeness (QED) is 0.337. The van der Waals surface area contributed by atoms with Crippen LogP contribution in [0.2, 0.25) is 5.02 Å². The third-order valence-corrected chi connectivity index (χ3v) is 7.75. The van der Waals surface area contributed by atoms with Gasteiger partial charge in [-0.1, -0.05) is 41.4 Å². The van der Waals surface area contributed by atoms with E-state index in [1.165, 1.54) is 0 Å². The highest BCUT2D eigenvalue weighted by Crippen LogP contribution is 2.25. The minimum atomic E-state index is -3.91. The minimum Gasteiger partial charge on any atom is -0.354 e. The maximum Gasteiger partial charge on any atom is 0.264 e. The Kier molecular flexibility index (Phi) is 8.23. The van der Waals surface area contributed by atoms with Crippen LogP contribution >= 0.6 is 23.4 Å². The highest BCUT2D eigenvalue weighted by atomic mass is 35.5. The first kappa shape index (κ1) is 24.2. The van der Waals surface area contributed by atoms with Crippen molar-refractivity contribution in [2.75, 3.05) is 23.1 Å². The molecule has 0 aliphatic rings. The molecule has 0 aliphatic heterocycles. The summed E-state index contributed by atoms with van der Waals surface area (Å²) in [6.07, 6.45) is 0. The summed E-state index contributed by atoms with van der Waals surface area (Å²) >= 11 is 7.48. The largest absolute Gasteiger partial charge is 0.354 e. The smallest absolute Gasteiger partial charge is 0.264 e. The van der Waals surface area contributed by atoms with E-state index in [0.29, 0.717) is 23.0 Å². The van der Waals surface area contributed by atoms with Gasteiger partial charge >= 0.3 is 0 Å². The fourth-order valence-electron chi connectivity index (χ4n) is 3.01. The van der Waals surface area contributed by atoms with E-state index in [4.69, 9.17) is 11.6 Å². The van der Waals surface area contributed by atoms with E-state index < -0.39 is 10.0 Å². The lowest BCUT2D eigenvalue weighted by Crippen LogP contribution is -2.41. The van der Waals surface area contributed by atoms with Crippen molar-refractivity contribution in [2.24, 2.45) is 0 Å². The van der Waals surface area contributed by atoms with Crippen molar-refractivity contribution in [1.29, 1.82) is 0 Å². The number of nitrogens with zero attached hydrogens (tertiary/aromatic N) is 1. The van der Waals surface area contributed by atoms with E-state index in [1.807, 2.05) is 44.2 Å². The molecule has 5 nitrogen and oxygen atoms in total. The molecule has 8 heteroatoms. The average molecular weight is 489 g/mol. The van der Waals surface area contributed by atoms with Crippen LogP contribution in [0.25, 0.3) is 0 Å². The van der Waals surface area contributed by atoms with E-state index in [-0.39, 0.29) is 17.3 Å². The SMILES string of the molecule is Cc1ccc(S(=O)(=O)N(CC(=O)NCCSc2ccc(Cl)cc2)c2cccc(C)c2)cc1. The second-order valence-electron chi connectivity index (χ2n) is 7.32. The van der Waals surface area contributed by atoms with Crippen molar-refractivity contribution in [2.45, 2.75) is 23.6 Å². The van der Waals surface area contributed by atoms with Crippen LogP contribution in [0.5, 0.6) is 0 Å². The number of benzene rings is 3. The summed E-state index contributed by atoms with van der Waals surface area (Å²) in [7, 11) is -3.91. The number of aryl methyl sites for hydroxylation is 2. The Morgan fingerprint density at radius 1 is 0.969 bits per heavy atom. The Morgan fingerprint density at radius 2 is 1.66 bits per heavy atom. The number of hydrogen-bond acceptors (Lipinski definition) is 4. The first-order chi connectivity index (χ1) is 15.3. The third kappa shape index (κ3) is 6.51. The van der Waals surface area contributed by atoms with E-state index in [2.05, 4.69) is 5.32 Å². The van der Waals surface area contributed by atoms with Crippen LogP contribution in [-0.4, -0.2) is 33.2 Å². The summed E-state index contributed by atoms with van der Waals surface area (Å²) in [6.45, 7) is 3.89. The Hall–Kier alpha value is -2.48. The summed E-state index contributed by atoms with van der Waals surface area (Å²) in [6, 6.07) is 21.2. The summed E-state index contributed by atoms with van der Waals surface area (Å²) in [5, 5.41) is 3.49. The van der Waals surface area contributed by atoms with Crippen molar-refractivity contribution in [3.63, 3.8) is 0 Å². The van der Waals surface area contributed by atoms with E-state index >= 15 is 0 Å². The summed E-state index contributed by atoms with van der Waals surface area (Å²) in [4.78, 5) is 13.9. The van der Waals surface area contributed by atoms with Gasteiger partial charge in [0.2, 0.25) is 5.91 Å². The molecule has 3 aromatic rings. The molecular formula is C24H25ClN2O3S2. The first-order valence-electron chi connectivity index (χ1n) is 10.1. The standard InChI is InChI=1S/C24H25ClN2O3S2/c1-18-6-12-23(13-7-18)32(29,30)27(21-5-3-4-19(2)16-21)17-24(28)26-14-15-31-22-10-8-20(25)9-11-22/h3-13,16H,14-15,17H2,1-2H3,(H,26,28). The topological polar surface area (TPSA) is 66.5 Å². The Balaban J connectivity index is 1.70. The number of halogens is 1. The van der Waals surface area contributed by atoms with Crippen molar-refractivity contribution < 1.29 is 13.2 Å². The second kappa shape index (κ2) is 10.9. The molecule has 0 unspecified atom stereocenters. The van der Waals surface area contributed by atoms with Gasteiger partial charge in [-0.2, -0.15) is 0 Å². The van der Waals surface area contributed by atoms with Gasteiger partial charge in [0, 0.05) is 22.2 Å². The molecule has 0 radical (unpaired) electrons. The van der Waals surface area contributed by atoms with Gasteiger partial charge in [0.1, 0.15) is 6.54 Å². The van der Waals surface area contributed by atoms with Crippen molar-refractivity contribution >= 4 is 45.0 Å². The lowest BCUT2D eigenvalue weighted by atomic mass is 10.2. The van der Waals surface area contributed by atoms with Crippen LogP contribution in [0.1, 0.15) is 11.1 Å². The number of carbonyl (C=O) groups excluding carboxylic acids is 1. The zero-order chi connectivity index (χ0) is 23.1. The van der Waals surface area contributed by atoms with E-state index in [1.54, 1.807) is 54.2 Å². The first-order valence-corrected chi connectivity index (χ1v) is 12.9. The molecule has 3 rings (SSSR count). The number of carbonyl (C=O) groups is 1. The van der Waals surface area contributed by atoms with E-state index in [0.717, 1.165) is 20.3 Å². The number of anilines is 1. The molecule has 0 aliphatic carbocycles. The van der Waals surface area contributed by atoms with Gasteiger partial charge in [-0.15, -0.1) is 11.8 Å². The molecule has 168 valence electrons. The van der Waals surface area contributed by atoms with Gasteiger partial charge in [-0.05, 0) is 67.9 Å². The van der Waals surface area contributed by atoms with Gasteiger partial charge in [0.15, 0.2) is 0 Å². The molecule has 0 aromatic heterocycles. The number of hydrogen-bond donors (Lipinski definition) is 1. The number of thioether (sulfide) groups is 1. The Labute approximate surface area is 198 Å². The maximum atomic E-state index is 13.4. The molecule has 1 N–H and O–H groups in total. The van der Waals surface area contributed by atoms with Crippen molar-refractivity contribution in [3.05, 3.63) is 88.9 Å². The average Bonchev–Trinajstić information content (AvgIpc) is 2.76. The lowest BCUT2D eigenvalue weighted by Gasteiger charge is -2.24. The van der Waals surface area contributed by atoms with Crippen LogP contribution in [-0.2, 0) is 14.8 Å². The van der Waals surface area contributed by atoms with Gasteiger partial charge in [0.25, 0.3) is 10.0 Å². The predicted octanol–water partition coefficient (Wildman–Crippen LogP) is 5.06. The number of sulfonamides is 1. The molecular weight excluding hydrogens is 464 g/mol. The molecule has 0 bridgehead atoms. The zero-order valence-electron chi connectivity index (χ0n) is 17.9. The van der Waals surface area contributed by atoms with Gasteiger partial charge in [-0.25, -0.2) is 8.42 Å². The van der Waals surface area contributed by atoms with Crippen molar-refractivity contribution in [1.82, 2.24) is 5.32 Å². The fourth-order valence-corrected chi connectivity index (χ4v) is 5.32. The normalized spacial score (nSPS) is 11.2. The summed E-state index contributed by atoms with van der Waals surface area (Å²) in [5.74, 6) is 0.293. The van der Waals surface area contributed by atoms with Crippen molar-refractivity contribution in [3.8, 4) is 0 Å². The molecule has 0 spiro atoms. The van der Waals surface area contributed by atoms with Gasteiger partial charge in [0.05, 0.1) is 10.6 Å². The molecule has 0 fully saturated rings. The Bertz CT molecular complexity index is 1160. The number of amides is 1. The van der Waals surface area contributed by atoms with Crippen LogP contribution in [0.3, 0.4) is 0 Å². The van der Waals surface area contributed by atoms with Crippen LogP contribution in [0.4, 0.5) is 5.69 Å². The maximum absolute atomic E-state index is 13.4.